The summed E-state index contributed by atoms with van der Waals surface area (Å²) in [6.45, 7) is 2.70. The Bertz CT molecular complexity index is 553. The number of ether oxygens (including phenoxy) is 1. The van der Waals surface area contributed by atoms with Crippen LogP contribution in [-0.4, -0.2) is 12.4 Å². The van der Waals surface area contributed by atoms with Crippen molar-refractivity contribution >= 4 is 45.0 Å². The zero-order valence-corrected chi connectivity index (χ0v) is 14.2. The van der Waals surface area contributed by atoms with Crippen LogP contribution >= 0.6 is 39.3 Å². The van der Waals surface area contributed by atoms with Crippen LogP contribution in [0.5, 0.6) is 5.75 Å². The molecule has 2 N–H and O–H groups in total. The molecular weight excluding hydrogens is 358 g/mol. The van der Waals surface area contributed by atoms with Gasteiger partial charge < -0.3 is 10.5 Å². The molecule has 0 amide bonds. The van der Waals surface area contributed by atoms with Crippen LogP contribution in [-0.2, 0) is 0 Å². The van der Waals surface area contributed by atoms with Gasteiger partial charge in [-0.25, -0.2) is 0 Å². The Morgan fingerprint density at radius 2 is 2.05 bits per heavy atom. The van der Waals surface area contributed by atoms with Gasteiger partial charge in [-0.15, -0.1) is 11.8 Å². The van der Waals surface area contributed by atoms with Gasteiger partial charge in [-0.3, -0.25) is 0 Å². The van der Waals surface area contributed by atoms with Gasteiger partial charge in [0, 0.05) is 21.4 Å². The van der Waals surface area contributed by atoms with Gasteiger partial charge in [0.2, 0.25) is 0 Å². The Balaban J connectivity index is 1.84. The fourth-order valence-corrected chi connectivity index (χ4v) is 3.36. The number of nitrogens with two attached hydrogens (primary N) is 1. The molecule has 2 rings (SSSR count). The highest BCUT2D eigenvalue weighted by Gasteiger charge is 2.03. The monoisotopic (exact) mass is 371 g/mol. The molecule has 2 aromatic rings. The molecule has 0 unspecified atom stereocenters. The summed E-state index contributed by atoms with van der Waals surface area (Å²) in [6, 6.07) is 11.5. The van der Waals surface area contributed by atoms with Crippen molar-refractivity contribution in [3.8, 4) is 5.75 Å². The summed E-state index contributed by atoms with van der Waals surface area (Å²) in [5.74, 6) is 1.68. The highest BCUT2D eigenvalue weighted by atomic mass is 79.9. The molecule has 0 aliphatic rings. The smallest absolute Gasteiger partial charge is 0.133 e. The Kier molecular flexibility index (Phi) is 5.64. The number of halogens is 2. The van der Waals surface area contributed by atoms with Crippen LogP contribution in [0, 0.1) is 6.92 Å². The Labute approximate surface area is 136 Å². The lowest BCUT2D eigenvalue weighted by atomic mass is 10.2. The van der Waals surface area contributed by atoms with E-state index in [1.54, 1.807) is 11.8 Å². The molecule has 0 saturated heterocycles. The fourth-order valence-electron chi connectivity index (χ4n) is 1.73. The molecule has 20 heavy (non-hydrogen) atoms. The van der Waals surface area contributed by atoms with E-state index in [-0.39, 0.29) is 0 Å². The minimum absolute atomic E-state index is 0.634. The minimum atomic E-state index is 0.634. The van der Waals surface area contributed by atoms with Crippen molar-refractivity contribution in [2.24, 2.45) is 0 Å². The van der Waals surface area contributed by atoms with Gasteiger partial charge in [-0.05, 0) is 64.8 Å². The summed E-state index contributed by atoms with van der Waals surface area (Å²) in [5.41, 5.74) is 7.73. The van der Waals surface area contributed by atoms with Crippen LogP contribution in [0.2, 0.25) is 5.02 Å². The van der Waals surface area contributed by atoms with E-state index in [1.165, 1.54) is 10.5 Å². The van der Waals surface area contributed by atoms with Crippen molar-refractivity contribution < 1.29 is 4.74 Å². The summed E-state index contributed by atoms with van der Waals surface area (Å²) >= 11 is 11.1. The highest BCUT2D eigenvalue weighted by Crippen LogP contribution is 2.29. The molecule has 0 saturated carbocycles. The van der Waals surface area contributed by atoms with Crippen LogP contribution in [0.4, 0.5) is 5.69 Å². The lowest BCUT2D eigenvalue weighted by Crippen LogP contribution is -2.01. The fraction of sp³-hybridized carbons (Fsp3) is 0.200. The van der Waals surface area contributed by atoms with Gasteiger partial charge in [0.15, 0.2) is 0 Å². The van der Waals surface area contributed by atoms with Gasteiger partial charge in [-0.2, -0.15) is 0 Å². The van der Waals surface area contributed by atoms with E-state index in [0.717, 1.165) is 21.7 Å². The van der Waals surface area contributed by atoms with Gasteiger partial charge in [0.05, 0.1) is 11.1 Å². The first-order valence-corrected chi connectivity index (χ1v) is 8.28. The second-order valence-corrected chi connectivity index (χ2v) is 6.72. The topological polar surface area (TPSA) is 35.2 Å². The number of hydrogen-bond donors (Lipinski definition) is 1. The first-order valence-electron chi connectivity index (χ1n) is 6.13. The zero-order chi connectivity index (χ0) is 14.5. The summed E-state index contributed by atoms with van der Waals surface area (Å²) < 4.78 is 6.60. The quantitative estimate of drug-likeness (QED) is 0.447. The molecule has 0 aliphatic carbocycles. The van der Waals surface area contributed by atoms with Gasteiger partial charge in [0.25, 0.3) is 0 Å². The summed E-state index contributed by atoms with van der Waals surface area (Å²) in [4.78, 5) is 1.23. The van der Waals surface area contributed by atoms with Crippen LogP contribution in [0.3, 0.4) is 0 Å². The largest absolute Gasteiger partial charge is 0.492 e. The van der Waals surface area contributed by atoms with Gasteiger partial charge >= 0.3 is 0 Å². The lowest BCUT2D eigenvalue weighted by molar-refractivity contribution is 0.342. The molecule has 0 aromatic heterocycles. The number of hydrogen-bond acceptors (Lipinski definition) is 3. The predicted octanol–water partition coefficient (Wildman–Crippen LogP) is 5.16. The van der Waals surface area contributed by atoms with Crippen LogP contribution in [0.25, 0.3) is 0 Å². The Morgan fingerprint density at radius 1 is 1.25 bits per heavy atom. The van der Waals surface area contributed by atoms with Crippen molar-refractivity contribution in [2.75, 3.05) is 18.1 Å². The van der Waals surface area contributed by atoms with Crippen molar-refractivity contribution in [3.05, 3.63) is 51.5 Å². The predicted molar refractivity (Wildman–Crippen MR) is 91.0 cm³/mol. The van der Waals surface area contributed by atoms with Crippen molar-refractivity contribution in [1.82, 2.24) is 0 Å². The number of anilines is 1. The molecule has 2 aromatic carbocycles. The van der Waals surface area contributed by atoms with Gasteiger partial charge in [-0.1, -0.05) is 11.6 Å². The first kappa shape index (κ1) is 15.5. The van der Waals surface area contributed by atoms with E-state index in [4.69, 9.17) is 22.1 Å². The van der Waals surface area contributed by atoms with E-state index in [9.17, 15) is 0 Å². The van der Waals surface area contributed by atoms with E-state index < -0.39 is 0 Å². The number of aryl methyl sites for hydroxylation is 1. The van der Waals surface area contributed by atoms with E-state index in [2.05, 4.69) is 22.9 Å². The molecule has 2 nitrogen and oxygen atoms in total. The SMILES string of the molecule is Cc1cc(N)ccc1SCCOc1ccc(Cl)cc1Br. The minimum Gasteiger partial charge on any atom is -0.492 e. The average Bonchev–Trinajstić information content (AvgIpc) is 2.39. The number of benzene rings is 2. The molecule has 5 heteroatoms. The maximum absolute atomic E-state index is 5.89. The Morgan fingerprint density at radius 3 is 2.75 bits per heavy atom. The molecule has 0 spiro atoms. The number of rotatable bonds is 5. The molecule has 0 aliphatic heterocycles. The maximum atomic E-state index is 5.89. The second-order valence-electron chi connectivity index (χ2n) is 4.30. The standard InChI is InChI=1S/C15H15BrClNOS/c1-10-8-12(18)3-5-15(10)20-7-6-19-14-4-2-11(17)9-13(14)16/h2-5,8-9H,6-7,18H2,1H3. The third-order valence-corrected chi connectivity index (χ3v) is 4.69. The van der Waals surface area contributed by atoms with Crippen molar-refractivity contribution in [2.45, 2.75) is 11.8 Å². The number of thioether (sulfide) groups is 1. The summed E-state index contributed by atoms with van der Waals surface area (Å²) in [6.07, 6.45) is 0. The van der Waals surface area contributed by atoms with E-state index in [1.807, 2.05) is 36.4 Å². The zero-order valence-electron chi connectivity index (χ0n) is 11.0. The average molecular weight is 373 g/mol. The molecule has 106 valence electrons. The summed E-state index contributed by atoms with van der Waals surface area (Å²) in [5, 5.41) is 0.691. The van der Waals surface area contributed by atoms with Crippen LogP contribution < -0.4 is 10.5 Å². The maximum Gasteiger partial charge on any atom is 0.133 e. The highest BCUT2D eigenvalue weighted by molar-refractivity contribution is 9.10. The molecule has 0 atom stereocenters. The molecular formula is C15H15BrClNOS. The third-order valence-electron chi connectivity index (χ3n) is 2.69. The molecule has 0 fully saturated rings. The van der Waals surface area contributed by atoms with Crippen molar-refractivity contribution in [1.29, 1.82) is 0 Å². The Hall–Kier alpha value is -0.840. The van der Waals surface area contributed by atoms with Crippen LogP contribution in [0.1, 0.15) is 5.56 Å². The molecule has 0 heterocycles. The first-order chi connectivity index (χ1) is 9.56. The van der Waals surface area contributed by atoms with E-state index >= 15 is 0 Å². The van der Waals surface area contributed by atoms with E-state index in [0.29, 0.717) is 11.6 Å². The summed E-state index contributed by atoms with van der Waals surface area (Å²) in [7, 11) is 0. The lowest BCUT2D eigenvalue weighted by Gasteiger charge is -2.09. The second kappa shape index (κ2) is 7.25. The third kappa shape index (κ3) is 4.33. The van der Waals surface area contributed by atoms with Crippen LogP contribution in [0.15, 0.2) is 45.8 Å². The number of nitrogen functional groups attached to an aromatic ring is 1. The molecule has 0 radical (unpaired) electrons. The van der Waals surface area contributed by atoms with Crippen molar-refractivity contribution in [3.63, 3.8) is 0 Å². The molecule has 0 bridgehead atoms. The normalized spacial score (nSPS) is 10.6. The van der Waals surface area contributed by atoms with Gasteiger partial charge in [0.1, 0.15) is 5.75 Å².